The molecule has 0 aromatic heterocycles. The normalized spacial score (nSPS) is 26.8. The Kier molecular flexibility index (Phi) is 5.67. The number of aliphatic hydroxyl groups excluding tert-OH is 2. The van der Waals surface area contributed by atoms with Crippen LogP contribution in [0.1, 0.15) is 12.0 Å². The molecule has 1 heterocycles. The topological polar surface area (TPSA) is 149 Å². The van der Waals surface area contributed by atoms with Crippen LogP contribution in [-0.4, -0.2) is 57.9 Å². The van der Waals surface area contributed by atoms with E-state index in [1.165, 1.54) is 25.3 Å². The molecule has 1 fully saturated rings. The van der Waals surface area contributed by atoms with E-state index in [4.69, 9.17) is 19.3 Å². The van der Waals surface area contributed by atoms with Gasteiger partial charge in [0.1, 0.15) is 6.10 Å². The number of ether oxygens (including phenoxy) is 3. The molecule has 1 aliphatic heterocycles. The van der Waals surface area contributed by atoms with E-state index in [2.05, 4.69) is 0 Å². The number of nitro groups is 1. The lowest BCUT2D eigenvalue weighted by Gasteiger charge is -2.35. The molecule has 0 radical (unpaired) electrons. The van der Waals surface area contributed by atoms with Crippen molar-refractivity contribution < 1.29 is 39.2 Å². The van der Waals surface area contributed by atoms with Crippen LogP contribution in [0, 0.1) is 10.1 Å². The molecule has 10 nitrogen and oxygen atoms in total. The summed E-state index contributed by atoms with van der Waals surface area (Å²) in [5.41, 5.74) is 0.136. The zero-order valence-electron chi connectivity index (χ0n) is 12.7. The first-order valence-electron chi connectivity index (χ1n) is 7.00. The van der Waals surface area contributed by atoms with Crippen molar-refractivity contribution in [2.24, 2.45) is 0 Å². The zero-order chi connectivity index (χ0) is 17.9. The van der Waals surface area contributed by atoms with Gasteiger partial charge in [0.05, 0.1) is 17.6 Å². The van der Waals surface area contributed by atoms with E-state index in [1.807, 2.05) is 0 Å². The summed E-state index contributed by atoms with van der Waals surface area (Å²) in [5, 5.41) is 39.7. The second kappa shape index (κ2) is 7.53. The van der Waals surface area contributed by atoms with Gasteiger partial charge in [-0.2, -0.15) is 0 Å². The fourth-order valence-electron chi connectivity index (χ4n) is 2.28. The van der Waals surface area contributed by atoms with E-state index in [0.717, 1.165) is 0 Å². The number of hydrogen-bond acceptors (Lipinski definition) is 8. The number of carboxylic acids is 1. The van der Waals surface area contributed by atoms with Crippen LogP contribution in [0.2, 0.25) is 0 Å². The Bertz CT molecular complexity index is 620. The van der Waals surface area contributed by atoms with Crippen LogP contribution in [-0.2, 0) is 20.9 Å². The SMILES string of the molecule is COCc1ccc(O[C@@H]2O[C@H](C(=O)O)C[C@H](O)[C@H]2O)c([N+](=O)[O-])c1. The molecule has 3 N–H and O–H groups in total. The molecule has 2 rings (SSSR count). The number of nitro benzene ring substituents is 1. The number of nitrogens with zero attached hydrogens (tertiary/aromatic N) is 1. The van der Waals surface area contributed by atoms with Gasteiger partial charge < -0.3 is 29.5 Å². The number of rotatable bonds is 6. The van der Waals surface area contributed by atoms with Gasteiger partial charge in [-0.05, 0) is 11.6 Å². The summed E-state index contributed by atoms with van der Waals surface area (Å²) in [5.74, 6) is -1.55. The first-order chi connectivity index (χ1) is 11.3. The lowest BCUT2D eigenvalue weighted by atomic mass is 10.0. The third-order valence-corrected chi connectivity index (χ3v) is 3.48. The summed E-state index contributed by atoms with van der Waals surface area (Å²) in [6.07, 6.45) is -6.19. The van der Waals surface area contributed by atoms with Gasteiger partial charge in [0.2, 0.25) is 6.29 Å². The fourth-order valence-corrected chi connectivity index (χ4v) is 2.28. The van der Waals surface area contributed by atoms with Crippen molar-refractivity contribution in [3.63, 3.8) is 0 Å². The highest BCUT2D eigenvalue weighted by atomic mass is 16.7. The van der Waals surface area contributed by atoms with Crippen molar-refractivity contribution in [3.8, 4) is 5.75 Å². The molecule has 0 bridgehead atoms. The van der Waals surface area contributed by atoms with Gasteiger partial charge in [0.15, 0.2) is 11.9 Å². The summed E-state index contributed by atoms with van der Waals surface area (Å²) >= 11 is 0. The molecule has 24 heavy (non-hydrogen) atoms. The smallest absolute Gasteiger partial charge is 0.333 e. The maximum Gasteiger partial charge on any atom is 0.333 e. The Hall–Kier alpha value is -2.27. The highest BCUT2D eigenvalue weighted by Crippen LogP contribution is 2.32. The average molecular weight is 343 g/mol. The molecule has 1 aromatic carbocycles. The predicted molar refractivity (Wildman–Crippen MR) is 77.4 cm³/mol. The summed E-state index contributed by atoms with van der Waals surface area (Å²) in [4.78, 5) is 21.5. The molecule has 0 spiro atoms. The number of hydrogen-bond donors (Lipinski definition) is 3. The minimum Gasteiger partial charge on any atom is -0.479 e. The van der Waals surface area contributed by atoms with Crippen LogP contribution in [0.5, 0.6) is 5.75 Å². The number of methoxy groups -OCH3 is 1. The summed E-state index contributed by atoms with van der Waals surface area (Å²) in [7, 11) is 1.44. The molecule has 1 saturated heterocycles. The largest absolute Gasteiger partial charge is 0.479 e. The second-order valence-electron chi connectivity index (χ2n) is 5.24. The van der Waals surface area contributed by atoms with Crippen LogP contribution < -0.4 is 4.74 Å². The number of benzene rings is 1. The standard InChI is InChI=1S/C14H17NO9/c1-22-6-7-2-3-10(8(4-7)15(20)21)23-14-12(17)9(16)5-11(24-14)13(18)19/h2-4,9,11-12,14,16-17H,5-6H2,1H3,(H,18,19)/t9-,11-,12+,14+/m0/s1. The molecule has 132 valence electrons. The Labute approximate surface area is 136 Å². The molecule has 1 aliphatic rings. The summed E-state index contributed by atoms with van der Waals surface area (Å²) in [6, 6.07) is 4.05. The maximum atomic E-state index is 11.2. The first kappa shape index (κ1) is 18.1. The van der Waals surface area contributed by atoms with E-state index >= 15 is 0 Å². The number of carbonyl (C=O) groups is 1. The van der Waals surface area contributed by atoms with Gasteiger partial charge in [-0.3, -0.25) is 10.1 Å². The lowest BCUT2D eigenvalue weighted by Crippen LogP contribution is -2.52. The third-order valence-electron chi connectivity index (χ3n) is 3.48. The Morgan fingerprint density at radius 2 is 2.17 bits per heavy atom. The number of carboxylic acid groups (broad SMARTS) is 1. The van der Waals surface area contributed by atoms with Crippen LogP contribution >= 0.6 is 0 Å². The van der Waals surface area contributed by atoms with Gasteiger partial charge in [0.25, 0.3) is 0 Å². The number of aliphatic carboxylic acids is 1. The average Bonchev–Trinajstić information content (AvgIpc) is 2.52. The van der Waals surface area contributed by atoms with Gasteiger partial charge in [-0.25, -0.2) is 4.79 Å². The van der Waals surface area contributed by atoms with Gasteiger partial charge in [-0.1, -0.05) is 6.07 Å². The van der Waals surface area contributed by atoms with Crippen LogP contribution in [0.3, 0.4) is 0 Å². The minimum absolute atomic E-state index is 0.156. The van der Waals surface area contributed by atoms with E-state index in [1.54, 1.807) is 0 Å². The Balaban J connectivity index is 2.25. The van der Waals surface area contributed by atoms with Crippen molar-refractivity contribution in [1.82, 2.24) is 0 Å². The quantitative estimate of drug-likeness (QED) is 0.481. The lowest BCUT2D eigenvalue weighted by molar-refractivity contribution is -0.386. The van der Waals surface area contributed by atoms with E-state index in [0.29, 0.717) is 5.56 Å². The van der Waals surface area contributed by atoms with Crippen LogP contribution in [0.15, 0.2) is 18.2 Å². The first-order valence-corrected chi connectivity index (χ1v) is 7.00. The molecular weight excluding hydrogens is 326 g/mol. The van der Waals surface area contributed by atoms with E-state index in [9.17, 15) is 25.1 Å². The molecule has 4 atom stereocenters. The highest BCUT2D eigenvalue weighted by Gasteiger charge is 2.41. The monoisotopic (exact) mass is 343 g/mol. The summed E-state index contributed by atoms with van der Waals surface area (Å²) < 4.78 is 15.2. The minimum atomic E-state index is -1.55. The van der Waals surface area contributed by atoms with Gasteiger partial charge in [0, 0.05) is 19.6 Å². The van der Waals surface area contributed by atoms with Crippen molar-refractivity contribution >= 4 is 11.7 Å². The molecule has 0 amide bonds. The molecule has 1 aromatic rings. The highest BCUT2D eigenvalue weighted by molar-refractivity contribution is 5.72. The van der Waals surface area contributed by atoms with Crippen molar-refractivity contribution in [1.29, 1.82) is 0 Å². The molecule has 0 saturated carbocycles. The maximum absolute atomic E-state index is 11.2. The van der Waals surface area contributed by atoms with Crippen LogP contribution in [0.25, 0.3) is 0 Å². The van der Waals surface area contributed by atoms with Crippen molar-refractivity contribution in [2.45, 2.75) is 37.6 Å². The van der Waals surface area contributed by atoms with Gasteiger partial charge >= 0.3 is 11.7 Å². The third kappa shape index (κ3) is 3.97. The van der Waals surface area contributed by atoms with Crippen molar-refractivity contribution in [3.05, 3.63) is 33.9 Å². The van der Waals surface area contributed by atoms with E-state index < -0.39 is 41.2 Å². The van der Waals surface area contributed by atoms with Crippen molar-refractivity contribution in [2.75, 3.05) is 7.11 Å². The molecular formula is C14H17NO9. The Morgan fingerprint density at radius 3 is 2.75 bits per heavy atom. The molecule has 0 unspecified atom stereocenters. The predicted octanol–water partition coefficient (Wildman–Crippen LogP) is 0.0414. The molecule has 0 aliphatic carbocycles. The zero-order valence-corrected chi connectivity index (χ0v) is 12.7. The summed E-state index contributed by atoms with van der Waals surface area (Å²) in [6.45, 7) is 0.156. The Morgan fingerprint density at radius 1 is 1.46 bits per heavy atom. The fraction of sp³-hybridized carbons (Fsp3) is 0.500. The van der Waals surface area contributed by atoms with E-state index in [-0.39, 0.29) is 18.8 Å². The van der Waals surface area contributed by atoms with Crippen LogP contribution in [0.4, 0.5) is 5.69 Å². The number of aliphatic hydroxyl groups is 2. The van der Waals surface area contributed by atoms with Gasteiger partial charge in [-0.15, -0.1) is 0 Å². The second-order valence-corrected chi connectivity index (χ2v) is 5.24. The molecule has 10 heteroatoms.